The van der Waals surface area contributed by atoms with E-state index in [-0.39, 0.29) is 5.82 Å². The van der Waals surface area contributed by atoms with Gasteiger partial charge in [0, 0.05) is 22.2 Å². The average molecular weight is 305 g/mol. The SMILES string of the molecule is CNc1nc(Sc2ccccc2F)c2cc(C)sc2n1. The summed E-state index contributed by atoms with van der Waals surface area (Å²) in [5.41, 5.74) is 0. The van der Waals surface area contributed by atoms with Gasteiger partial charge < -0.3 is 5.32 Å². The Balaban J connectivity index is 2.12. The lowest BCUT2D eigenvalue weighted by Crippen LogP contribution is -1.97. The number of benzene rings is 1. The molecule has 0 aliphatic heterocycles. The molecule has 2 heterocycles. The molecule has 0 aliphatic rings. The standard InChI is InChI=1S/C14H12FN3S2/c1-8-7-9-12(19-8)17-14(16-2)18-13(9)20-11-6-4-3-5-10(11)15/h3-7H,1-2H3,(H,16,17,18). The van der Waals surface area contributed by atoms with Crippen LogP contribution in [0.2, 0.25) is 0 Å². The molecule has 0 fully saturated rings. The van der Waals surface area contributed by atoms with Crippen molar-refractivity contribution < 1.29 is 4.39 Å². The van der Waals surface area contributed by atoms with Crippen molar-refractivity contribution in [1.29, 1.82) is 0 Å². The molecule has 0 saturated heterocycles. The minimum Gasteiger partial charge on any atom is -0.357 e. The van der Waals surface area contributed by atoms with Crippen LogP contribution in [0.3, 0.4) is 0 Å². The number of hydrogen-bond acceptors (Lipinski definition) is 5. The van der Waals surface area contributed by atoms with Gasteiger partial charge in [-0.2, -0.15) is 0 Å². The Bertz CT molecular complexity index is 770. The van der Waals surface area contributed by atoms with Crippen molar-refractivity contribution in [3.05, 3.63) is 41.0 Å². The van der Waals surface area contributed by atoms with Gasteiger partial charge in [-0.05, 0) is 25.1 Å². The van der Waals surface area contributed by atoms with E-state index < -0.39 is 0 Å². The Kier molecular flexibility index (Phi) is 3.58. The highest BCUT2D eigenvalue weighted by atomic mass is 32.2. The Hall–Kier alpha value is -1.66. The molecule has 102 valence electrons. The maximum atomic E-state index is 13.8. The zero-order valence-electron chi connectivity index (χ0n) is 11.0. The molecule has 0 radical (unpaired) electrons. The van der Waals surface area contributed by atoms with E-state index in [9.17, 15) is 4.39 Å². The summed E-state index contributed by atoms with van der Waals surface area (Å²) in [6.45, 7) is 2.03. The number of halogens is 1. The largest absolute Gasteiger partial charge is 0.357 e. The highest BCUT2D eigenvalue weighted by molar-refractivity contribution is 7.99. The molecule has 3 rings (SSSR count). The topological polar surface area (TPSA) is 37.8 Å². The molecule has 0 unspecified atom stereocenters. The Morgan fingerprint density at radius 3 is 2.80 bits per heavy atom. The second-order valence-electron chi connectivity index (χ2n) is 4.21. The summed E-state index contributed by atoms with van der Waals surface area (Å²) >= 11 is 2.94. The van der Waals surface area contributed by atoms with Crippen LogP contribution in [-0.2, 0) is 0 Å². The highest BCUT2D eigenvalue weighted by Crippen LogP contribution is 2.36. The van der Waals surface area contributed by atoms with Crippen LogP contribution in [0.25, 0.3) is 10.2 Å². The van der Waals surface area contributed by atoms with E-state index >= 15 is 0 Å². The molecule has 6 heteroatoms. The molecule has 0 bridgehead atoms. The number of aromatic nitrogens is 2. The lowest BCUT2D eigenvalue weighted by atomic mass is 10.3. The fraction of sp³-hybridized carbons (Fsp3) is 0.143. The number of anilines is 1. The number of rotatable bonds is 3. The highest BCUT2D eigenvalue weighted by Gasteiger charge is 2.13. The predicted octanol–water partition coefficient (Wildman–Crippen LogP) is 4.33. The van der Waals surface area contributed by atoms with Gasteiger partial charge in [-0.3, -0.25) is 0 Å². The third kappa shape index (κ3) is 2.48. The first-order valence-electron chi connectivity index (χ1n) is 6.05. The van der Waals surface area contributed by atoms with Crippen LogP contribution < -0.4 is 5.32 Å². The van der Waals surface area contributed by atoms with Gasteiger partial charge in [0.15, 0.2) is 0 Å². The first-order valence-corrected chi connectivity index (χ1v) is 7.69. The zero-order chi connectivity index (χ0) is 14.1. The number of fused-ring (bicyclic) bond motifs is 1. The first kappa shape index (κ1) is 13.3. The molecule has 0 aliphatic carbocycles. The van der Waals surface area contributed by atoms with Gasteiger partial charge >= 0.3 is 0 Å². The van der Waals surface area contributed by atoms with Crippen molar-refractivity contribution in [1.82, 2.24) is 9.97 Å². The molecule has 20 heavy (non-hydrogen) atoms. The van der Waals surface area contributed by atoms with Crippen LogP contribution in [-0.4, -0.2) is 17.0 Å². The quantitative estimate of drug-likeness (QED) is 0.731. The summed E-state index contributed by atoms with van der Waals surface area (Å²) in [7, 11) is 1.78. The van der Waals surface area contributed by atoms with E-state index in [2.05, 4.69) is 15.3 Å². The summed E-state index contributed by atoms with van der Waals surface area (Å²) in [5.74, 6) is 0.320. The lowest BCUT2D eigenvalue weighted by Gasteiger charge is -2.06. The molecular weight excluding hydrogens is 293 g/mol. The molecule has 0 atom stereocenters. The molecule has 0 amide bonds. The van der Waals surface area contributed by atoms with Gasteiger partial charge in [0.05, 0.1) is 0 Å². The van der Waals surface area contributed by atoms with Crippen LogP contribution in [0.15, 0.2) is 40.3 Å². The molecule has 2 aromatic heterocycles. The first-order chi connectivity index (χ1) is 9.67. The van der Waals surface area contributed by atoms with Crippen molar-refractivity contribution in [2.24, 2.45) is 0 Å². The number of nitrogens with zero attached hydrogens (tertiary/aromatic N) is 2. The maximum absolute atomic E-state index is 13.8. The van der Waals surface area contributed by atoms with Gasteiger partial charge in [-0.1, -0.05) is 23.9 Å². The van der Waals surface area contributed by atoms with Crippen LogP contribution in [0.1, 0.15) is 4.88 Å². The van der Waals surface area contributed by atoms with Gasteiger partial charge in [0.25, 0.3) is 0 Å². The van der Waals surface area contributed by atoms with Crippen molar-refractivity contribution in [3.63, 3.8) is 0 Å². The Labute approximate surface area is 124 Å². The second-order valence-corrected chi connectivity index (χ2v) is 6.48. The normalized spacial score (nSPS) is 10.9. The number of nitrogens with one attached hydrogen (secondary N) is 1. The summed E-state index contributed by atoms with van der Waals surface area (Å²) in [6, 6.07) is 8.76. The van der Waals surface area contributed by atoms with Crippen molar-refractivity contribution in [2.75, 3.05) is 12.4 Å². The molecular formula is C14H12FN3S2. The molecule has 0 spiro atoms. The van der Waals surface area contributed by atoms with Gasteiger partial charge in [-0.15, -0.1) is 11.3 Å². The van der Waals surface area contributed by atoms with Crippen LogP contribution in [0, 0.1) is 12.7 Å². The predicted molar refractivity (Wildman–Crippen MR) is 82.2 cm³/mol. The Morgan fingerprint density at radius 2 is 2.05 bits per heavy atom. The van der Waals surface area contributed by atoms with Gasteiger partial charge in [0.2, 0.25) is 5.95 Å². The molecule has 1 aromatic carbocycles. The van der Waals surface area contributed by atoms with E-state index in [1.807, 2.05) is 19.1 Å². The zero-order valence-corrected chi connectivity index (χ0v) is 12.6. The monoisotopic (exact) mass is 305 g/mol. The summed E-state index contributed by atoms with van der Waals surface area (Å²) in [6.07, 6.45) is 0. The van der Waals surface area contributed by atoms with Crippen LogP contribution in [0.5, 0.6) is 0 Å². The van der Waals surface area contributed by atoms with Crippen molar-refractivity contribution >= 4 is 39.3 Å². The van der Waals surface area contributed by atoms with E-state index in [0.29, 0.717) is 10.8 Å². The second kappa shape index (κ2) is 5.38. The van der Waals surface area contributed by atoms with E-state index in [1.165, 1.54) is 17.8 Å². The third-order valence-electron chi connectivity index (χ3n) is 2.75. The smallest absolute Gasteiger partial charge is 0.224 e. The number of thiophene rings is 1. The van der Waals surface area contributed by atoms with Gasteiger partial charge in [0.1, 0.15) is 15.7 Å². The molecule has 1 N–H and O–H groups in total. The number of hydrogen-bond donors (Lipinski definition) is 1. The number of aryl methyl sites for hydroxylation is 1. The van der Waals surface area contributed by atoms with Crippen LogP contribution >= 0.6 is 23.1 Å². The summed E-state index contributed by atoms with van der Waals surface area (Å²) < 4.78 is 13.8. The minimum atomic E-state index is -0.234. The van der Waals surface area contributed by atoms with Crippen molar-refractivity contribution in [3.8, 4) is 0 Å². The van der Waals surface area contributed by atoms with Crippen molar-refractivity contribution in [2.45, 2.75) is 16.8 Å². The molecule has 3 nitrogen and oxygen atoms in total. The fourth-order valence-corrected chi connectivity index (χ4v) is 3.70. The van der Waals surface area contributed by atoms with E-state index in [1.54, 1.807) is 30.5 Å². The maximum Gasteiger partial charge on any atom is 0.224 e. The van der Waals surface area contributed by atoms with Crippen LogP contribution in [0.4, 0.5) is 10.3 Å². The summed E-state index contributed by atoms with van der Waals surface area (Å²) in [5, 5.41) is 4.69. The summed E-state index contributed by atoms with van der Waals surface area (Å²) in [4.78, 5) is 11.5. The van der Waals surface area contributed by atoms with E-state index in [0.717, 1.165) is 20.1 Å². The third-order valence-corrected chi connectivity index (χ3v) is 4.75. The molecule has 0 saturated carbocycles. The lowest BCUT2D eigenvalue weighted by molar-refractivity contribution is 0.602. The fourth-order valence-electron chi connectivity index (χ4n) is 1.84. The Morgan fingerprint density at radius 1 is 1.25 bits per heavy atom. The van der Waals surface area contributed by atoms with E-state index in [4.69, 9.17) is 0 Å². The average Bonchev–Trinajstić information content (AvgIpc) is 2.81. The van der Waals surface area contributed by atoms with Gasteiger partial charge in [-0.25, -0.2) is 14.4 Å². The molecule has 3 aromatic rings. The minimum absolute atomic E-state index is 0.234.